The van der Waals surface area contributed by atoms with Gasteiger partial charge in [0.1, 0.15) is 0 Å². The Balaban J connectivity index is 4.00. The fourth-order valence-corrected chi connectivity index (χ4v) is 1.03. The molecule has 0 N–H and O–H groups in total. The summed E-state index contributed by atoms with van der Waals surface area (Å²) in [7, 11) is 0. The molecule has 0 aromatic rings. The zero-order valence-corrected chi connectivity index (χ0v) is 8.05. The first-order valence-electron chi connectivity index (χ1n) is 4.58. The minimum atomic E-state index is -3.22. The summed E-state index contributed by atoms with van der Waals surface area (Å²) in [5.74, 6) is -6.44. The number of rotatable bonds is 6. The van der Waals surface area contributed by atoms with Gasteiger partial charge in [-0.15, -0.1) is 0 Å². The van der Waals surface area contributed by atoms with Crippen LogP contribution < -0.4 is 0 Å². The van der Waals surface area contributed by atoms with Crippen LogP contribution in [0.1, 0.15) is 46.0 Å². The Bertz CT molecular complexity index is 143. The summed E-state index contributed by atoms with van der Waals surface area (Å²) in [5, 5.41) is 0. The van der Waals surface area contributed by atoms with Gasteiger partial charge in [-0.25, -0.2) is 17.6 Å². The first-order valence-corrected chi connectivity index (χ1v) is 4.58. The molecule has 0 aromatic carbocycles. The van der Waals surface area contributed by atoms with Crippen LogP contribution in [0.25, 0.3) is 0 Å². The van der Waals surface area contributed by atoms with Crippen LogP contribution in [-0.2, 0) is 0 Å². The summed E-state index contributed by atoms with van der Waals surface area (Å²) < 4.78 is 50.8. The topological polar surface area (TPSA) is 0 Å². The SMILES string of the molecule is CCCCC(F)(F)CC(F)(F)CC. The van der Waals surface area contributed by atoms with Crippen molar-refractivity contribution in [3.63, 3.8) is 0 Å². The largest absolute Gasteiger partial charge is 0.253 e. The molecule has 4 heteroatoms. The predicted octanol–water partition coefficient (Wildman–Crippen LogP) is 4.25. The summed E-state index contributed by atoms with van der Waals surface area (Å²) in [6, 6.07) is 0. The minimum absolute atomic E-state index is 0.298. The molecule has 0 fully saturated rings. The van der Waals surface area contributed by atoms with E-state index in [1.54, 1.807) is 6.92 Å². The maximum atomic E-state index is 12.8. The van der Waals surface area contributed by atoms with Crippen molar-refractivity contribution in [3.8, 4) is 0 Å². The highest BCUT2D eigenvalue weighted by molar-refractivity contribution is 4.76. The molecular formula is C9H16F4. The number of halogens is 4. The molecule has 0 aromatic heterocycles. The van der Waals surface area contributed by atoms with Gasteiger partial charge in [0.2, 0.25) is 0 Å². The Morgan fingerprint density at radius 1 is 0.923 bits per heavy atom. The van der Waals surface area contributed by atoms with Gasteiger partial charge in [-0.3, -0.25) is 0 Å². The maximum absolute atomic E-state index is 12.8. The van der Waals surface area contributed by atoms with Crippen LogP contribution in [-0.4, -0.2) is 11.8 Å². The predicted molar refractivity (Wildman–Crippen MR) is 44.3 cm³/mol. The Labute approximate surface area is 76.3 Å². The Morgan fingerprint density at radius 2 is 1.46 bits per heavy atom. The van der Waals surface area contributed by atoms with E-state index in [1.807, 2.05) is 0 Å². The van der Waals surface area contributed by atoms with Gasteiger partial charge in [0, 0.05) is 12.8 Å². The normalized spacial score (nSPS) is 13.4. The standard InChI is InChI=1S/C9H16F4/c1-3-5-6-9(12,13)7-8(10,11)4-2/h3-7H2,1-2H3. The molecule has 0 unspecified atom stereocenters. The highest BCUT2D eigenvalue weighted by Crippen LogP contribution is 2.35. The first kappa shape index (κ1) is 12.7. The van der Waals surface area contributed by atoms with Gasteiger partial charge in [0.25, 0.3) is 11.8 Å². The van der Waals surface area contributed by atoms with Crippen LogP contribution in [0.3, 0.4) is 0 Å². The van der Waals surface area contributed by atoms with Crippen LogP contribution in [0.5, 0.6) is 0 Å². The monoisotopic (exact) mass is 200 g/mol. The molecule has 0 saturated carbocycles. The van der Waals surface area contributed by atoms with Crippen LogP contribution in [0.4, 0.5) is 17.6 Å². The molecule has 0 amide bonds. The summed E-state index contributed by atoms with van der Waals surface area (Å²) in [4.78, 5) is 0. The summed E-state index contributed by atoms with van der Waals surface area (Å²) in [5.41, 5.74) is 0. The van der Waals surface area contributed by atoms with Crippen LogP contribution in [0.2, 0.25) is 0 Å². The summed E-state index contributed by atoms with van der Waals surface area (Å²) in [6.45, 7) is 2.98. The molecule has 0 atom stereocenters. The van der Waals surface area contributed by atoms with E-state index in [0.29, 0.717) is 12.8 Å². The number of hydrogen-bond acceptors (Lipinski definition) is 0. The Morgan fingerprint density at radius 3 is 1.85 bits per heavy atom. The van der Waals surface area contributed by atoms with Gasteiger partial charge in [0.05, 0.1) is 6.42 Å². The second-order valence-electron chi connectivity index (χ2n) is 3.35. The molecule has 80 valence electrons. The molecule has 0 aliphatic rings. The Kier molecular flexibility index (Phi) is 4.71. The third-order valence-corrected chi connectivity index (χ3v) is 1.93. The second kappa shape index (κ2) is 4.82. The fraction of sp³-hybridized carbons (Fsp3) is 1.00. The van der Waals surface area contributed by atoms with Crippen molar-refractivity contribution in [2.24, 2.45) is 0 Å². The number of alkyl halides is 4. The van der Waals surface area contributed by atoms with Crippen molar-refractivity contribution >= 4 is 0 Å². The van der Waals surface area contributed by atoms with Crippen molar-refractivity contribution in [1.29, 1.82) is 0 Å². The second-order valence-corrected chi connectivity index (χ2v) is 3.35. The minimum Gasteiger partial charge on any atom is -0.207 e. The van der Waals surface area contributed by atoms with Gasteiger partial charge in [-0.05, 0) is 6.42 Å². The molecule has 0 radical (unpaired) electrons. The maximum Gasteiger partial charge on any atom is 0.253 e. The summed E-state index contributed by atoms with van der Waals surface area (Å²) >= 11 is 0. The highest BCUT2D eigenvalue weighted by Gasteiger charge is 2.41. The van der Waals surface area contributed by atoms with Gasteiger partial charge < -0.3 is 0 Å². The van der Waals surface area contributed by atoms with Gasteiger partial charge in [-0.1, -0.05) is 20.3 Å². The van der Waals surface area contributed by atoms with Crippen molar-refractivity contribution in [1.82, 2.24) is 0 Å². The molecule has 13 heavy (non-hydrogen) atoms. The average molecular weight is 200 g/mol. The van der Waals surface area contributed by atoms with Crippen LogP contribution in [0.15, 0.2) is 0 Å². The number of hydrogen-bond donors (Lipinski definition) is 0. The fourth-order valence-electron chi connectivity index (χ4n) is 1.03. The summed E-state index contributed by atoms with van der Waals surface area (Å²) in [6.07, 6.45) is -1.36. The van der Waals surface area contributed by atoms with E-state index in [4.69, 9.17) is 0 Å². The lowest BCUT2D eigenvalue weighted by atomic mass is 10.0. The van der Waals surface area contributed by atoms with Crippen molar-refractivity contribution in [2.45, 2.75) is 57.8 Å². The van der Waals surface area contributed by atoms with Crippen LogP contribution >= 0.6 is 0 Å². The van der Waals surface area contributed by atoms with Gasteiger partial charge >= 0.3 is 0 Å². The van der Waals surface area contributed by atoms with E-state index in [0.717, 1.165) is 0 Å². The van der Waals surface area contributed by atoms with E-state index in [-0.39, 0.29) is 0 Å². The quantitative estimate of drug-likeness (QED) is 0.562. The average Bonchev–Trinajstić information content (AvgIpc) is 1.99. The van der Waals surface area contributed by atoms with E-state index in [1.165, 1.54) is 6.92 Å². The zero-order valence-electron chi connectivity index (χ0n) is 8.05. The molecule has 0 bridgehead atoms. The smallest absolute Gasteiger partial charge is 0.207 e. The molecule has 0 spiro atoms. The van der Waals surface area contributed by atoms with E-state index in [2.05, 4.69) is 0 Å². The molecule has 0 nitrogen and oxygen atoms in total. The lowest BCUT2D eigenvalue weighted by molar-refractivity contribution is -0.116. The third kappa shape index (κ3) is 5.88. The third-order valence-electron chi connectivity index (χ3n) is 1.93. The van der Waals surface area contributed by atoms with Gasteiger partial charge in [0.15, 0.2) is 0 Å². The number of unbranched alkanes of at least 4 members (excludes halogenated alkanes) is 1. The van der Waals surface area contributed by atoms with E-state index >= 15 is 0 Å². The lowest BCUT2D eigenvalue weighted by Gasteiger charge is -2.21. The van der Waals surface area contributed by atoms with Crippen molar-refractivity contribution in [2.75, 3.05) is 0 Å². The molecule has 0 rings (SSSR count). The van der Waals surface area contributed by atoms with Gasteiger partial charge in [-0.2, -0.15) is 0 Å². The van der Waals surface area contributed by atoms with E-state index in [9.17, 15) is 17.6 Å². The van der Waals surface area contributed by atoms with Crippen molar-refractivity contribution in [3.05, 3.63) is 0 Å². The molecule has 0 aliphatic carbocycles. The molecule has 0 saturated heterocycles. The molecule has 0 heterocycles. The molecular weight excluding hydrogens is 184 g/mol. The van der Waals surface area contributed by atoms with Crippen LogP contribution in [0, 0.1) is 0 Å². The first-order chi connectivity index (χ1) is 5.83. The zero-order chi connectivity index (χ0) is 10.5. The lowest BCUT2D eigenvalue weighted by Crippen LogP contribution is -2.28. The van der Waals surface area contributed by atoms with Crippen molar-refractivity contribution < 1.29 is 17.6 Å². The molecule has 0 aliphatic heterocycles. The Hall–Kier alpha value is -0.280. The van der Waals surface area contributed by atoms with E-state index < -0.39 is 31.1 Å². The highest BCUT2D eigenvalue weighted by atomic mass is 19.3.